The van der Waals surface area contributed by atoms with Crippen molar-refractivity contribution < 1.29 is 4.42 Å². The first-order chi connectivity index (χ1) is 43.8. The Labute approximate surface area is 512 Å². The number of rotatable bonds is 8. The molecule has 6 heterocycles. The molecule has 0 N–H and O–H groups in total. The Bertz CT molecular complexity index is 5880. The van der Waals surface area contributed by atoms with Gasteiger partial charge >= 0.3 is 0 Å². The molecule has 420 valence electrons. The molecular weight excluding hydrogens is 1090 g/mol. The number of hydrogen-bond donors (Lipinski definition) is 0. The highest BCUT2D eigenvalue weighted by atomic mass is 16.3. The van der Waals surface area contributed by atoms with Crippen molar-refractivity contribution in [3.8, 4) is 68.1 Å². The van der Waals surface area contributed by atoms with Crippen LogP contribution in [0.2, 0.25) is 0 Å². The average Bonchev–Trinajstić information content (AvgIpc) is 1.61. The molecule has 8 heteroatoms. The lowest BCUT2D eigenvalue weighted by Gasteiger charge is -2.30. The maximum Gasteiger partial charge on any atom is 0.231 e. The molecular formula is C81H55N7O. The van der Waals surface area contributed by atoms with Crippen LogP contribution in [-0.4, -0.2) is 33.2 Å². The third-order valence-electron chi connectivity index (χ3n) is 18.2. The first kappa shape index (κ1) is 50.7. The first-order valence-corrected chi connectivity index (χ1v) is 30.4. The van der Waals surface area contributed by atoms with Crippen molar-refractivity contribution in [2.45, 2.75) is 27.7 Å². The molecule has 0 spiro atoms. The first-order valence-electron chi connectivity index (χ1n) is 30.4. The summed E-state index contributed by atoms with van der Waals surface area (Å²) in [6.07, 6.45) is 0. The van der Waals surface area contributed by atoms with Gasteiger partial charge in [-0.05, 0) is 119 Å². The SMILES string of the molecule is Cc1ccc2c(c1)c1ccccc1n2-c1c(-c2cc(-c3ccccc3)nc(-c3ccccc3)n2)c(-n2c3ccccc3c3cc(C)ccc32)c(-n2c3ccccc3c3cc(C)ccc32)c(-n2c3ccccc3c3cc(C)ccc32)c1-c1nc2ccccc2o1. The summed E-state index contributed by atoms with van der Waals surface area (Å²) < 4.78 is 17.7. The summed E-state index contributed by atoms with van der Waals surface area (Å²) in [5, 5.41) is 9.03. The highest BCUT2D eigenvalue weighted by Gasteiger charge is 2.38. The third-order valence-corrected chi connectivity index (χ3v) is 18.2. The van der Waals surface area contributed by atoms with Crippen LogP contribution in [0.1, 0.15) is 22.3 Å². The van der Waals surface area contributed by atoms with Crippen molar-refractivity contribution in [3.63, 3.8) is 0 Å². The predicted octanol–water partition coefficient (Wildman–Crippen LogP) is 20.9. The van der Waals surface area contributed by atoms with Gasteiger partial charge in [0.15, 0.2) is 11.4 Å². The quantitative estimate of drug-likeness (QED) is 0.152. The number of benzene rings is 12. The van der Waals surface area contributed by atoms with Crippen LogP contribution < -0.4 is 0 Å². The number of oxazole rings is 1. The minimum absolute atomic E-state index is 0.455. The van der Waals surface area contributed by atoms with Crippen molar-refractivity contribution in [2.75, 3.05) is 0 Å². The standard InChI is InChI=1S/C81H55N7O/c1-48-35-39-69-58(43-48)54-25-11-16-30-65(54)85(69)76-74(64-47-63(52-21-7-5-8-22-52)82-80(83-64)53-23-9-6-10-24-53)77(86-66-31-17-12-26-55(66)59-44-49(2)36-40-70(59)86)79(88-68-33-19-14-28-57(68)61-46-51(4)38-42-72(61)88)78(75(76)81-84-62-29-15-20-34-73(62)89-81)87-67-32-18-13-27-56(67)60-45-50(3)37-41-71(60)87/h5-47H,1-4H3. The Morgan fingerprint density at radius 2 is 0.629 bits per heavy atom. The fraction of sp³-hybridized carbons (Fsp3) is 0.0494. The molecule has 0 aliphatic carbocycles. The van der Waals surface area contributed by atoms with Crippen LogP contribution in [0.15, 0.2) is 265 Å². The molecule has 0 atom stereocenters. The lowest BCUT2D eigenvalue weighted by atomic mass is 9.94. The second-order valence-electron chi connectivity index (χ2n) is 23.8. The summed E-state index contributed by atoms with van der Waals surface area (Å²) in [5.41, 5.74) is 22.8. The second-order valence-corrected chi connectivity index (χ2v) is 23.8. The smallest absolute Gasteiger partial charge is 0.231 e. The maximum atomic E-state index is 7.56. The third kappa shape index (κ3) is 7.63. The van der Waals surface area contributed by atoms with Crippen molar-refractivity contribution >= 4 is 98.3 Å². The fourth-order valence-electron chi connectivity index (χ4n) is 14.4. The Kier molecular flexibility index (Phi) is 11.1. The van der Waals surface area contributed by atoms with E-state index in [-0.39, 0.29) is 0 Å². The zero-order valence-electron chi connectivity index (χ0n) is 49.4. The van der Waals surface area contributed by atoms with E-state index in [9.17, 15) is 0 Å². The molecule has 12 aromatic carbocycles. The largest absolute Gasteiger partial charge is 0.436 e. The molecule has 6 aromatic heterocycles. The Balaban J connectivity index is 1.23. The zero-order valence-corrected chi connectivity index (χ0v) is 49.4. The topological polar surface area (TPSA) is 71.5 Å². The van der Waals surface area contributed by atoms with Gasteiger partial charge < -0.3 is 22.7 Å². The normalized spacial score (nSPS) is 12.0. The van der Waals surface area contributed by atoms with E-state index in [1.165, 1.54) is 16.7 Å². The molecule has 0 saturated carbocycles. The van der Waals surface area contributed by atoms with E-state index in [0.717, 1.165) is 149 Å². The molecule has 18 aromatic rings. The summed E-state index contributed by atoms with van der Waals surface area (Å²) >= 11 is 0. The zero-order chi connectivity index (χ0) is 59.2. The fourth-order valence-corrected chi connectivity index (χ4v) is 14.4. The number of aromatic nitrogens is 7. The monoisotopic (exact) mass is 1140 g/mol. The van der Waals surface area contributed by atoms with Crippen LogP contribution in [0, 0.1) is 27.7 Å². The number of aryl methyl sites for hydroxylation is 4. The minimum Gasteiger partial charge on any atom is -0.436 e. The average molecular weight is 1140 g/mol. The Morgan fingerprint density at radius 1 is 0.270 bits per heavy atom. The van der Waals surface area contributed by atoms with Crippen LogP contribution in [0.5, 0.6) is 0 Å². The van der Waals surface area contributed by atoms with Gasteiger partial charge in [0.25, 0.3) is 0 Å². The predicted molar refractivity (Wildman–Crippen MR) is 368 cm³/mol. The molecule has 0 aliphatic heterocycles. The Morgan fingerprint density at radius 3 is 1.09 bits per heavy atom. The van der Waals surface area contributed by atoms with Crippen molar-refractivity contribution in [3.05, 3.63) is 283 Å². The van der Waals surface area contributed by atoms with Gasteiger partial charge in [0, 0.05) is 54.2 Å². The van der Waals surface area contributed by atoms with Gasteiger partial charge in [0.1, 0.15) is 5.52 Å². The number of hydrogen-bond acceptors (Lipinski definition) is 4. The molecule has 0 bridgehead atoms. The summed E-state index contributed by atoms with van der Waals surface area (Å²) in [6, 6.07) is 94.5. The van der Waals surface area contributed by atoms with Gasteiger partial charge in [-0.3, -0.25) is 0 Å². The van der Waals surface area contributed by atoms with E-state index in [2.05, 4.69) is 289 Å². The van der Waals surface area contributed by atoms with E-state index in [1.807, 2.05) is 18.2 Å². The van der Waals surface area contributed by atoms with E-state index in [4.69, 9.17) is 19.4 Å². The lowest BCUT2D eigenvalue weighted by Crippen LogP contribution is -2.16. The minimum atomic E-state index is 0.455. The summed E-state index contributed by atoms with van der Waals surface area (Å²) in [6.45, 7) is 8.76. The van der Waals surface area contributed by atoms with E-state index in [1.54, 1.807) is 0 Å². The maximum absolute atomic E-state index is 7.56. The van der Waals surface area contributed by atoms with Crippen LogP contribution in [-0.2, 0) is 0 Å². The lowest BCUT2D eigenvalue weighted by molar-refractivity contribution is 0.619. The van der Waals surface area contributed by atoms with Gasteiger partial charge in [-0.2, -0.15) is 0 Å². The van der Waals surface area contributed by atoms with E-state index in [0.29, 0.717) is 23.0 Å². The van der Waals surface area contributed by atoms with Crippen LogP contribution in [0.4, 0.5) is 0 Å². The molecule has 0 unspecified atom stereocenters. The van der Waals surface area contributed by atoms with Crippen LogP contribution in [0.25, 0.3) is 166 Å². The molecule has 0 aliphatic rings. The molecule has 0 saturated heterocycles. The molecule has 0 fully saturated rings. The van der Waals surface area contributed by atoms with E-state index < -0.39 is 0 Å². The molecule has 89 heavy (non-hydrogen) atoms. The van der Waals surface area contributed by atoms with Crippen molar-refractivity contribution in [1.82, 2.24) is 33.2 Å². The highest BCUT2D eigenvalue weighted by Crippen LogP contribution is 2.55. The molecule has 8 nitrogen and oxygen atoms in total. The van der Waals surface area contributed by atoms with Gasteiger partial charge in [-0.15, -0.1) is 0 Å². The van der Waals surface area contributed by atoms with Gasteiger partial charge in [0.05, 0.1) is 89.4 Å². The summed E-state index contributed by atoms with van der Waals surface area (Å²) in [4.78, 5) is 17.3. The number of fused-ring (bicyclic) bond motifs is 13. The van der Waals surface area contributed by atoms with E-state index >= 15 is 0 Å². The molecule has 0 radical (unpaired) electrons. The van der Waals surface area contributed by atoms with Crippen molar-refractivity contribution in [2.24, 2.45) is 0 Å². The highest BCUT2D eigenvalue weighted by molar-refractivity contribution is 6.18. The van der Waals surface area contributed by atoms with Gasteiger partial charge in [-0.25, -0.2) is 15.0 Å². The second kappa shape index (κ2) is 19.5. The van der Waals surface area contributed by atoms with Crippen LogP contribution in [0.3, 0.4) is 0 Å². The summed E-state index contributed by atoms with van der Waals surface area (Å²) in [5.74, 6) is 1.05. The number of nitrogens with zero attached hydrogens (tertiary/aromatic N) is 7. The van der Waals surface area contributed by atoms with Gasteiger partial charge in [-0.1, -0.05) is 192 Å². The van der Waals surface area contributed by atoms with Crippen LogP contribution >= 0.6 is 0 Å². The van der Waals surface area contributed by atoms with Crippen molar-refractivity contribution in [1.29, 1.82) is 0 Å². The number of para-hydroxylation sites is 6. The Hall–Kier alpha value is -11.6. The molecule has 0 amide bonds. The molecule has 18 rings (SSSR count). The van der Waals surface area contributed by atoms with Gasteiger partial charge in [0.2, 0.25) is 5.89 Å². The summed E-state index contributed by atoms with van der Waals surface area (Å²) in [7, 11) is 0.